The molecule has 2 heterocycles. The molecule has 0 amide bonds. The lowest BCUT2D eigenvalue weighted by Gasteiger charge is -2.22. The second kappa shape index (κ2) is 6.10. The Bertz CT molecular complexity index is 1130. The van der Waals surface area contributed by atoms with Crippen LogP contribution in [0, 0.1) is 0 Å². The molecule has 0 fully saturated rings. The lowest BCUT2D eigenvalue weighted by Crippen LogP contribution is -2.30. The summed E-state index contributed by atoms with van der Waals surface area (Å²) in [6.45, 7) is 1.84. The van der Waals surface area contributed by atoms with Gasteiger partial charge in [0.25, 0.3) is 0 Å². The molecule has 0 saturated carbocycles. The first-order valence-corrected chi connectivity index (χ1v) is 10.5. The highest BCUT2D eigenvalue weighted by atomic mass is 32.2. The number of sulfonamides is 1. The van der Waals surface area contributed by atoms with Gasteiger partial charge in [0, 0.05) is 7.05 Å². The van der Waals surface area contributed by atoms with Crippen molar-refractivity contribution in [1.82, 2.24) is 18.0 Å². The van der Waals surface area contributed by atoms with Gasteiger partial charge < -0.3 is 0 Å². The molecule has 4 aromatic rings. The van der Waals surface area contributed by atoms with Gasteiger partial charge in [0.05, 0.1) is 28.0 Å². The Hall–Kier alpha value is -1.94. The molecule has 2 aromatic carbocycles. The molecule has 0 aliphatic heterocycles. The van der Waals surface area contributed by atoms with E-state index in [2.05, 4.69) is 13.7 Å². The van der Waals surface area contributed by atoms with Crippen molar-refractivity contribution in [2.24, 2.45) is 0 Å². The Morgan fingerprint density at radius 1 is 1.04 bits per heavy atom. The van der Waals surface area contributed by atoms with Gasteiger partial charge in [0.15, 0.2) is 0 Å². The smallest absolute Gasteiger partial charge is 0.239 e. The third-order valence-electron chi connectivity index (χ3n) is 4.12. The predicted molar refractivity (Wildman–Crippen MR) is 100 cm³/mol. The van der Waals surface area contributed by atoms with Crippen LogP contribution >= 0.6 is 23.1 Å². The van der Waals surface area contributed by atoms with Crippen LogP contribution in [0.2, 0.25) is 0 Å². The number of hydrogen-bond donors (Lipinski definition) is 0. The molecule has 0 bridgehead atoms. The van der Waals surface area contributed by atoms with E-state index in [4.69, 9.17) is 0 Å². The van der Waals surface area contributed by atoms with Crippen molar-refractivity contribution in [3.8, 4) is 0 Å². The Morgan fingerprint density at radius 2 is 1.80 bits per heavy atom. The Morgan fingerprint density at radius 3 is 2.60 bits per heavy atom. The number of hydrogen-bond acceptors (Lipinski definition) is 7. The monoisotopic (exact) mass is 390 g/mol. The first-order chi connectivity index (χ1) is 12.0. The fourth-order valence-corrected chi connectivity index (χ4v) is 5.79. The lowest BCUT2D eigenvalue weighted by molar-refractivity contribution is 0.398. The number of thiazole rings is 1. The number of para-hydroxylation sites is 1. The minimum Gasteiger partial charge on any atom is -0.239 e. The highest BCUT2D eigenvalue weighted by Gasteiger charge is 2.30. The molecular weight excluding hydrogens is 376 g/mol. The summed E-state index contributed by atoms with van der Waals surface area (Å²) in [6.07, 6.45) is 0. The molecule has 0 saturated heterocycles. The van der Waals surface area contributed by atoms with Gasteiger partial charge in [-0.3, -0.25) is 0 Å². The molecule has 0 aliphatic rings. The Kier molecular flexibility index (Phi) is 4.03. The lowest BCUT2D eigenvalue weighted by atomic mass is 10.3. The molecule has 0 aliphatic carbocycles. The average molecular weight is 391 g/mol. The number of benzene rings is 2. The summed E-state index contributed by atoms with van der Waals surface area (Å²) in [4.78, 5) is 4.75. The van der Waals surface area contributed by atoms with Gasteiger partial charge in [0.1, 0.15) is 20.9 Å². The molecule has 1 unspecified atom stereocenters. The second-order valence-electron chi connectivity index (χ2n) is 5.61. The van der Waals surface area contributed by atoms with E-state index in [1.54, 1.807) is 25.2 Å². The predicted octanol–water partition coefficient (Wildman–Crippen LogP) is 3.68. The van der Waals surface area contributed by atoms with Crippen molar-refractivity contribution < 1.29 is 8.42 Å². The van der Waals surface area contributed by atoms with Crippen LogP contribution in [0.1, 0.15) is 18.0 Å². The van der Waals surface area contributed by atoms with Crippen LogP contribution in [0.25, 0.3) is 21.3 Å². The highest BCUT2D eigenvalue weighted by Crippen LogP contribution is 2.33. The molecule has 6 nitrogen and oxygen atoms in total. The summed E-state index contributed by atoms with van der Waals surface area (Å²) < 4.78 is 36.9. The third kappa shape index (κ3) is 2.73. The van der Waals surface area contributed by atoms with Crippen LogP contribution in [0.5, 0.6) is 0 Å². The normalized spacial score (nSPS) is 13.7. The van der Waals surface area contributed by atoms with Crippen LogP contribution in [-0.4, -0.2) is 33.5 Å². The van der Waals surface area contributed by atoms with Crippen LogP contribution in [0.4, 0.5) is 0 Å². The zero-order valence-corrected chi connectivity index (χ0v) is 15.9. The van der Waals surface area contributed by atoms with Crippen molar-refractivity contribution in [3.05, 3.63) is 47.5 Å². The molecule has 0 radical (unpaired) electrons. The van der Waals surface area contributed by atoms with Crippen LogP contribution in [-0.2, 0) is 10.0 Å². The number of fused-ring (bicyclic) bond motifs is 2. The largest absolute Gasteiger partial charge is 0.245 e. The molecule has 25 heavy (non-hydrogen) atoms. The van der Waals surface area contributed by atoms with E-state index in [0.717, 1.165) is 27.0 Å². The summed E-state index contributed by atoms with van der Waals surface area (Å²) in [6, 6.07) is 12.4. The summed E-state index contributed by atoms with van der Waals surface area (Å²) in [5, 5.41) is 0.760. The van der Waals surface area contributed by atoms with Gasteiger partial charge in [0.2, 0.25) is 10.0 Å². The van der Waals surface area contributed by atoms with E-state index >= 15 is 0 Å². The molecule has 0 N–H and O–H groups in total. The third-order valence-corrected chi connectivity index (χ3v) is 7.83. The maximum atomic E-state index is 13.1. The molecule has 9 heteroatoms. The quantitative estimate of drug-likeness (QED) is 0.531. The topological polar surface area (TPSA) is 76.1 Å². The van der Waals surface area contributed by atoms with E-state index in [9.17, 15) is 8.42 Å². The van der Waals surface area contributed by atoms with Gasteiger partial charge >= 0.3 is 0 Å². The molecule has 0 spiro atoms. The molecular formula is C16H14N4O2S3. The summed E-state index contributed by atoms with van der Waals surface area (Å²) >= 11 is 2.52. The molecule has 128 valence electrons. The van der Waals surface area contributed by atoms with Crippen molar-refractivity contribution in [3.63, 3.8) is 0 Å². The average Bonchev–Trinajstić information content (AvgIpc) is 3.26. The maximum absolute atomic E-state index is 13.1. The van der Waals surface area contributed by atoms with Crippen molar-refractivity contribution in [2.45, 2.75) is 17.9 Å². The molecule has 4 rings (SSSR count). The zero-order valence-electron chi connectivity index (χ0n) is 13.4. The summed E-state index contributed by atoms with van der Waals surface area (Å²) in [7, 11) is -2.14. The SMILES string of the molecule is CC(c1nc2ccccc2s1)N(C)S(=O)(=O)c1cccc2nsnc12. The van der Waals surface area contributed by atoms with Gasteiger partial charge in [-0.2, -0.15) is 13.1 Å². The van der Waals surface area contributed by atoms with Crippen LogP contribution < -0.4 is 0 Å². The first-order valence-electron chi connectivity index (χ1n) is 7.53. The fraction of sp³-hybridized carbons (Fsp3) is 0.188. The summed E-state index contributed by atoms with van der Waals surface area (Å²) in [5.41, 5.74) is 1.88. The second-order valence-corrected chi connectivity index (χ2v) is 9.16. The van der Waals surface area contributed by atoms with Gasteiger partial charge in [-0.15, -0.1) is 11.3 Å². The molecule has 1 atom stereocenters. The minimum absolute atomic E-state index is 0.175. The van der Waals surface area contributed by atoms with Crippen molar-refractivity contribution in [1.29, 1.82) is 0 Å². The first kappa shape index (κ1) is 16.5. The standard InChI is InChI=1S/C16H14N4O2S3/c1-10(16-17-11-6-3-4-8-13(11)23-16)20(2)25(21,22)14-9-5-7-12-15(14)19-24-18-12/h3-10H,1-2H3. The Balaban J connectivity index is 1.75. The van der Waals surface area contributed by atoms with E-state index < -0.39 is 10.0 Å². The number of rotatable bonds is 4. The van der Waals surface area contributed by atoms with E-state index in [1.165, 1.54) is 15.6 Å². The minimum atomic E-state index is -3.72. The van der Waals surface area contributed by atoms with E-state index in [1.807, 2.05) is 31.2 Å². The van der Waals surface area contributed by atoms with Crippen molar-refractivity contribution >= 4 is 54.3 Å². The maximum Gasteiger partial charge on any atom is 0.245 e. The van der Waals surface area contributed by atoms with Gasteiger partial charge in [-0.25, -0.2) is 13.4 Å². The fourth-order valence-electron chi connectivity index (χ4n) is 2.58. The van der Waals surface area contributed by atoms with Gasteiger partial charge in [-0.1, -0.05) is 18.2 Å². The number of aromatic nitrogens is 3. The zero-order chi connectivity index (χ0) is 17.6. The van der Waals surface area contributed by atoms with Crippen LogP contribution in [0.3, 0.4) is 0 Å². The highest BCUT2D eigenvalue weighted by molar-refractivity contribution is 7.89. The molecule has 2 aromatic heterocycles. The van der Waals surface area contributed by atoms with Crippen LogP contribution in [0.15, 0.2) is 47.4 Å². The van der Waals surface area contributed by atoms with E-state index in [-0.39, 0.29) is 10.9 Å². The van der Waals surface area contributed by atoms with Crippen molar-refractivity contribution in [2.75, 3.05) is 7.05 Å². The number of nitrogens with zero attached hydrogens (tertiary/aromatic N) is 4. The Labute approximate surface area is 153 Å². The summed E-state index contributed by atoms with van der Waals surface area (Å²) in [5.74, 6) is 0. The van der Waals surface area contributed by atoms with E-state index in [0.29, 0.717) is 11.0 Å². The van der Waals surface area contributed by atoms with Gasteiger partial charge in [-0.05, 0) is 31.2 Å².